The number of fused-ring (bicyclic) bond motifs is 1. The van der Waals surface area contributed by atoms with Crippen LogP contribution in [-0.2, 0) is 0 Å². The molecular formula is C18H19NOS. The largest absolute Gasteiger partial charge is 0.507 e. The van der Waals surface area contributed by atoms with E-state index in [2.05, 4.69) is 42.7 Å². The van der Waals surface area contributed by atoms with Crippen molar-refractivity contribution >= 4 is 22.1 Å². The Morgan fingerprint density at radius 1 is 0.952 bits per heavy atom. The van der Waals surface area contributed by atoms with Gasteiger partial charge in [-0.2, -0.15) is 0 Å². The van der Waals surface area contributed by atoms with Crippen LogP contribution in [0.2, 0.25) is 0 Å². The Bertz CT molecular complexity index is 736. The summed E-state index contributed by atoms with van der Waals surface area (Å²) in [6.45, 7) is 4.24. The smallest absolute Gasteiger partial charge is 0.128 e. The van der Waals surface area contributed by atoms with E-state index in [1.807, 2.05) is 30.3 Å². The number of aromatic hydroxyl groups is 1. The second kappa shape index (κ2) is 5.88. The van der Waals surface area contributed by atoms with Crippen LogP contribution in [0.5, 0.6) is 5.75 Å². The highest BCUT2D eigenvalue weighted by Crippen LogP contribution is 2.33. The van der Waals surface area contributed by atoms with E-state index in [0.29, 0.717) is 5.75 Å². The molecule has 0 aliphatic heterocycles. The number of hydrogen-bond donors (Lipinski definition) is 2. The van der Waals surface area contributed by atoms with Crippen LogP contribution in [-0.4, -0.2) is 5.11 Å². The molecule has 21 heavy (non-hydrogen) atoms. The fourth-order valence-corrected chi connectivity index (χ4v) is 3.45. The predicted octanol–water partition coefficient (Wildman–Crippen LogP) is 5.02. The molecule has 0 radical (unpaired) electrons. The van der Waals surface area contributed by atoms with Crippen molar-refractivity contribution in [3.05, 3.63) is 64.4 Å². The Morgan fingerprint density at radius 3 is 2.52 bits per heavy atom. The number of hydrogen-bond acceptors (Lipinski definition) is 3. The first kappa shape index (κ1) is 14.1. The summed E-state index contributed by atoms with van der Waals surface area (Å²) < 4.78 is 0. The van der Waals surface area contributed by atoms with Crippen LogP contribution in [0.25, 0.3) is 10.8 Å². The van der Waals surface area contributed by atoms with Crippen molar-refractivity contribution in [3.8, 4) is 5.75 Å². The Morgan fingerprint density at radius 2 is 1.76 bits per heavy atom. The number of phenolic OH excluding ortho intramolecular Hbond substituents is 1. The van der Waals surface area contributed by atoms with Gasteiger partial charge in [-0.1, -0.05) is 42.5 Å². The van der Waals surface area contributed by atoms with Gasteiger partial charge in [0.15, 0.2) is 0 Å². The molecule has 1 aromatic heterocycles. The van der Waals surface area contributed by atoms with Gasteiger partial charge in [0.2, 0.25) is 0 Å². The van der Waals surface area contributed by atoms with E-state index >= 15 is 0 Å². The maximum absolute atomic E-state index is 10.5. The van der Waals surface area contributed by atoms with Crippen molar-refractivity contribution < 1.29 is 5.11 Å². The zero-order valence-corrected chi connectivity index (χ0v) is 13.0. The van der Waals surface area contributed by atoms with E-state index in [1.54, 1.807) is 11.3 Å². The van der Waals surface area contributed by atoms with E-state index in [4.69, 9.17) is 0 Å². The Balaban J connectivity index is 1.87. The maximum Gasteiger partial charge on any atom is 0.128 e. The predicted molar refractivity (Wildman–Crippen MR) is 89.9 cm³/mol. The molecule has 2 nitrogen and oxygen atoms in total. The lowest BCUT2D eigenvalue weighted by Crippen LogP contribution is -2.21. The third-order valence-electron chi connectivity index (χ3n) is 3.87. The monoisotopic (exact) mass is 297 g/mol. The van der Waals surface area contributed by atoms with Gasteiger partial charge in [-0.3, -0.25) is 0 Å². The molecule has 2 atom stereocenters. The summed E-state index contributed by atoms with van der Waals surface area (Å²) in [6, 6.07) is 16.6. The molecule has 0 fully saturated rings. The van der Waals surface area contributed by atoms with Gasteiger partial charge in [-0.15, -0.1) is 11.3 Å². The van der Waals surface area contributed by atoms with Crippen molar-refractivity contribution in [2.45, 2.75) is 25.9 Å². The fraction of sp³-hybridized carbons (Fsp3) is 0.222. The highest BCUT2D eigenvalue weighted by atomic mass is 32.1. The van der Waals surface area contributed by atoms with Crippen molar-refractivity contribution in [1.29, 1.82) is 0 Å². The van der Waals surface area contributed by atoms with Crippen LogP contribution in [0.3, 0.4) is 0 Å². The molecule has 0 bridgehead atoms. The minimum absolute atomic E-state index is 0.0895. The second-order valence-corrected chi connectivity index (χ2v) is 6.33. The SMILES string of the molecule is CC(N[C@@H](C)c1cccs1)c1ccc2ccccc2c1O. The van der Waals surface area contributed by atoms with E-state index in [-0.39, 0.29) is 12.1 Å². The third kappa shape index (κ3) is 2.80. The molecular weight excluding hydrogens is 278 g/mol. The van der Waals surface area contributed by atoms with Gasteiger partial charge in [-0.05, 0) is 30.7 Å². The van der Waals surface area contributed by atoms with Gasteiger partial charge in [0, 0.05) is 27.9 Å². The molecule has 108 valence electrons. The van der Waals surface area contributed by atoms with Gasteiger partial charge in [0.05, 0.1) is 0 Å². The number of thiophene rings is 1. The summed E-state index contributed by atoms with van der Waals surface area (Å²) in [5.41, 5.74) is 0.942. The molecule has 2 aromatic carbocycles. The maximum atomic E-state index is 10.5. The van der Waals surface area contributed by atoms with Gasteiger partial charge in [0.1, 0.15) is 5.75 Å². The highest BCUT2D eigenvalue weighted by Gasteiger charge is 2.16. The first-order valence-corrected chi connectivity index (χ1v) is 8.05. The standard InChI is InChI=1S/C18H19NOS/c1-12(19-13(2)17-8-5-11-21-17)15-10-9-14-6-3-4-7-16(14)18(15)20/h3-13,19-20H,1-2H3/t12?,13-/m0/s1. The molecule has 2 N–H and O–H groups in total. The van der Waals surface area contributed by atoms with Gasteiger partial charge in [-0.25, -0.2) is 0 Å². The minimum Gasteiger partial charge on any atom is -0.507 e. The Hall–Kier alpha value is -1.84. The van der Waals surface area contributed by atoms with Crippen molar-refractivity contribution in [1.82, 2.24) is 5.32 Å². The number of benzene rings is 2. The lowest BCUT2D eigenvalue weighted by atomic mass is 10.0. The fourth-order valence-electron chi connectivity index (χ4n) is 2.71. The van der Waals surface area contributed by atoms with Crippen LogP contribution >= 0.6 is 11.3 Å². The van der Waals surface area contributed by atoms with Crippen LogP contribution < -0.4 is 5.32 Å². The topological polar surface area (TPSA) is 32.3 Å². The Kier molecular flexibility index (Phi) is 3.95. The van der Waals surface area contributed by atoms with Gasteiger partial charge >= 0.3 is 0 Å². The average molecular weight is 297 g/mol. The van der Waals surface area contributed by atoms with Crippen LogP contribution in [0.15, 0.2) is 53.9 Å². The zero-order valence-electron chi connectivity index (χ0n) is 12.2. The molecule has 0 aliphatic rings. The van der Waals surface area contributed by atoms with Gasteiger partial charge in [0.25, 0.3) is 0 Å². The van der Waals surface area contributed by atoms with Crippen molar-refractivity contribution in [3.63, 3.8) is 0 Å². The van der Waals surface area contributed by atoms with Gasteiger partial charge < -0.3 is 10.4 Å². The molecule has 3 aromatic rings. The molecule has 1 heterocycles. The zero-order chi connectivity index (χ0) is 14.8. The first-order valence-electron chi connectivity index (χ1n) is 7.17. The van der Waals surface area contributed by atoms with Crippen LogP contribution in [0.1, 0.15) is 36.4 Å². The number of nitrogens with one attached hydrogen (secondary N) is 1. The first-order chi connectivity index (χ1) is 10.2. The number of phenols is 1. The minimum atomic E-state index is 0.0895. The lowest BCUT2D eigenvalue weighted by Gasteiger charge is -2.21. The number of rotatable bonds is 4. The summed E-state index contributed by atoms with van der Waals surface area (Å²) in [5.74, 6) is 0.381. The van der Waals surface area contributed by atoms with Crippen molar-refractivity contribution in [2.75, 3.05) is 0 Å². The lowest BCUT2D eigenvalue weighted by molar-refractivity contribution is 0.445. The molecule has 3 heteroatoms. The molecule has 0 amide bonds. The molecule has 0 saturated carbocycles. The summed E-state index contributed by atoms with van der Waals surface area (Å²) in [7, 11) is 0. The van der Waals surface area contributed by atoms with Crippen molar-refractivity contribution in [2.24, 2.45) is 0 Å². The highest BCUT2D eigenvalue weighted by molar-refractivity contribution is 7.10. The molecule has 0 spiro atoms. The normalized spacial score (nSPS) is 14.2. The van der Waals surface area contributed by atoms with E-state index in [0.717, 1.165) is 16.3 Å². The molecule has 1 unspecified atom stereocenters. The Labute approximate surface area is 129 Å². The molecule has 3 rings (SSSR count). The molecule has 0 saturated heterocycles. The summed E-state index contributed by atoms with van der Waals surface area (Å²) in [5, 5.41) is 18.1. The summed E-state index contributed by atoms with van der Waals surface area (Å²) >= 11 is 1.75. The third-order valence-corrected chi connectivity index (χ3v) is 4.92. The van der Waals surface area contributed by atoms with E-state index in [9.17, 15) is 5.11 Å². The quantitative estimate of drug-likeness (QED) is 0.708. The second-order valence-electron chi connectivity index (χ2n) is 5.35. The van der Waals surface area contributed by atoms with Crippen LogP contribution in [0, 0.1) is 0 Å². The van der Waals surface area contributed by atoms with E-state index in [1.165, 1.54) is 4.88 Å². The average Bonchev–Trinajstić information content (AvgIpc) is 3.02. The molecule has 0 aliphatic carbocycles. The summed E-state index contributed by atoms with van der Waals surface area (Å²) in [4.78, 5) is 1.31. The summed E-state index contributed by atoms with van der Waals surface area (Å²) in [6.07, 6.45) is 0. The van der Waals surface area contributed by atoms with Crippen LogP contribution in [0.4, 0.5) is 0 Å². The van der Waals surface area contributed by atoms with E-state index < -0.39 is 0 Å².